The first kappa shape index (κ1) is 16.1. The number of piperidine rings is 3. The summed E-state index contributed by atoms with van der Waals surface area (Å²) in [6.07, 6.45) is 8.05. The summed E-state index contributed by atoms with van der Waals surface area (Å²) in [5, 5.41) is 0. The first-order valence-corrected chi connectivity index (χ1v) is 10.5. The highest BCUT2D eigenvalue weighted by Gasteiger charge is 2.52. The lowest BCUT2D eigenvalue weighted by molar-refractivity contribution is -0.0814. The molecule has 4 saturated heterocycles. The first-order valence-electron chi connectivity index (χ1n) is 10.5. The average molecular weight is 365 g/mol. The van der Waals surface area contributed by atoms with E-state index in [1.54, 1.807) is 0 Å². The van der Waals surface area contributed by atoms with Crippen molar-refractivity contribution in [2.24, 2.45) is 5.92 Å². The molecule has 0 N–H and O–H groups in total. The van der Waals surface area contributed by atoms with Crippen molar-refractivity contribution in [3.8, 4) is 17.2 Å². The van der Waals surface area contributed by atoms with Gasteiger partial charge in [-0.25, -0.2) is 4.98 Å². The minimum absolute atomic E-state index is 0.0332. The summed E-state index contributed by atoms with van der Waals surface area (Å²) in [6, 6.07) is 6.45. The smallest absolute Gasteiger partial charge is 0.217 e. The van der Waals surface area contributed by atoms with Crippen LogP contribution < -0.4 is 4.74 Å². The molecular weight excluding hydrogens is 338 g/mol. The number of pyridine rings is 1. The number of rotatable bonds is 3. The number of aromatic nitrogens is 1. The van der Waals surface area contributed by atoms with Gasteiger partial charge in [0.25, 0.3) is 0 Å². The van der Waals surface area contributed by atoms with Gasteiger partial charge < -0.3 is 9.15 Å². The summed E-state index contributed by atoms with van der Waals surface area (Å²) in [7, 11) is 0. The Bertz CT molecular complexity index is 849. The predicted octanol–water partition coefficient (Wildman–Crippen LogP) is 3.34. The van der Waals surface area contributed by atoms with Gasteiger partial charge in [0, 0.05) is 36.2 Å². The Kier molecular flexibility index (Phi) is 3.63. The van der Waals surface area contributed by atoms with Gasteiger partial charge >= 0.3 is 0 Å². The number of hydrogen-bond donors (Lipinski definition) is 0. The van der Waals surface area contributed by atoms with Crippen LogP contribution in [0, 0.1) is 5.92 Å². The molecule has 7 heterocycles. The molecule has 2 aromatic heterocycles. The highest BCUT2D eigenvalue weighted by atomic mass is 16.5. The summed E-state index contributed by atoms with van der Waals surface area (Å²) in [5.41, 5.74) is 2.29. The van der Waals surface area contributed by atoms with E-state index in [0.29, 0.717) is 5.92 Å². The largest absolute Gasteiger partial charge is 0.469 e. The fourth-order valence-electron chi connectivity index (χ4n) is 5.62. The number of furan rings is 1. The third-order valence-electron chi connectivity index (χ3n) is 7.06. The van der Waals surface area contributed by atoms with Crippen molar-refractivity contribution in [1.82, 2.24) is 14.8 Å². The van der Waals surface area contributed by atoms with E-state index in [1.807, 2.05) is 6.20 Å². The lowest BCUT2D eigenvalue weighted by Gasteiger charge is -2.50. The Morgan fingerprint density at radius 1 is 1.11 bits per heavy atom. The Labute approximate surface area is 160 Å². The van der Waals surface area contributed by atoms with Gasteiger partial charge in [0.05, 0.1) is 6.54 Å². The van der Waals surface area contributed by atoms with Crippen molar-refractivity contribution in [3.05, 3.63) is 35.7 Å². The summed E-state index contributed by atoms with van der Waals surface area (Å²) in [4.78, 5) is 9.70. The van der Waals surface area contributed by atoms with E-state index in [4.69, 9.17) is 9.15 Å². The van der Waals surface area contributed by atoms with Gasteiger partial charge in [0.2, 0.25) is 5.88 Å². The maximum atomic E-state index is 6.46. The second-order valence-electron chi connectivity index (χ2n) is 8.83. The van der Waals surface area contributed by atoms with Crippen LogP contribution in [0.5, 0.6) is 5.88 Å². The summed E-state index contributed by atoms with van der Waals surface area (Å²) in [5.74, 6) is 3.50. The zero-order valence-electron chi connectivity index (χ0n) is 15.8. The molecule has 5 heteroatoms. The van der Waals surface area contributed by atoms with Gasteiger partial charge in [-0.3, -0.25) is 9.80 Å². The minimum atomic E-state index is -0.0332. The molecule has 0 aromatic carbocycles. The van der Waals surface area contributed by atoms with E-state index in [9.17, 15) is 0 Å². The number of likely N-dealkylation sites (tertiary alicyclic amines) is 1. The number of ether oxygens (including phenoxy) is 1. The predicted molar refractivity (Wildman–Crippen MR) is 103 cm³/mol. The van der Waals surface area contributed by atoms with Gasteiger partial charge in [-0.2, -0.15) is 0 Å². The van der Waals surface area contributed by atoms with E-state index in [0.717, 1.165) is 42.5 Å². The zero-order chi connectivity index (χ0) is 17.8. The van der Waals surface area contributed by atoms with Crippen LogP contribution in [0.25, 0.3) is 11.3 Å². The third-order valence-corrected chi connectivity index (χ3v) is 7.06. The fourth-order valence-corrected chi connectivity index (χ4v) is 5.62. The summed E-state index contributed by atoms with van der Waals surface area (Å²) < 4.78 is 12.6. The van der Waals surface area contributed by atoms with Crippen LogP contribution in [-0.2, 0) is 13.0 Å². The van der Waals surface area contributed by atoms with Gasteiger partial charge in [0.15, 0.2) is 0 Å². The highest BCUT2D eigenvalue weighted by molar-refractivity contribution is 5.59. The van der Waals surface area contributed by atoms with Crippen molar-refractivity contribution in [2.45, 2.75) is 44.2 Å². The highest BCUT2D eigenvalue weighted by Crippen LogP contribution is 2.46. The molecule has 0 unspecified atom stereocenters. The fraction of sp³-hybridized carbons (Fsp3) is 0.591. The van der Waals surface area contributed by atoms with Crippen molar-refractivity contribution in [3.63, 3.8) is 0 Å². The summed E-state index contributed by atoms with van der Waals surface area (Å²) in [6.45, 7) is 6.82. The molecule has 0 radical (unpaired) electrons. The van der Waals surface area contributed by atoms with Crippen LogP contribution in [0.4, 0.5) is 0 Å². The molecule has 4 fully saturated rings. The lowest BCUT2D eigenvalue weighted by Crippen LogP contribution is -2.61. The van der Waals surface area contributed by atoms with Crippen molar-refractivity contribution in [2.75, 3.05) is 32.7 Å². The second kappa shape index (κ2) is 6.08. The van der Waals surface area contributed by atoms with Crippen molar-refractivity contribution >= 4 is 0 Å². The molecule has 142 valence electrons. The maximum absolute atomic E-state index is 6.46. The topological polar surface area (TPSA) is 41.7 Å². The second-order valence-corrected chi connectivity index (χ2v) is 8.83. The zero-order valence-corrected chi connectivity index (χ0v) is 15.8. The van der Waals surface area contributed by atoms with Crippen LogP contribution in [0.1, 0.15) is 37.0 Å². The Morgan fingerprint density at radius 3 is 2.74 bits per heavy atom. The van der Waals surface area contributed by atoms with Gasteiger partial charge in [-0.05, 0) is 70.1 Å². The molecule has 1 spiro atoms. The molecule has 5 nitrogen and oxygen atoms in total. The molecule has 5 aliphatic rings. The van der Waals surface area contributed by atoms with Crippen LogP contribution in [0.15, 0.2) is 28.8 Å². The van der Waals surface area contributed by atoms with Crippen LogP contribution in [-0.4, -0.2) is 53.1 Å². The van der Waals surface area contributed by atoms with E-state index in [1.165, 1.54) is 57.4 Å². The Hall–Kier alpha value is -1.85. The van der Waals surface area contributed by atoms with Crippen LogP contribution >= 0.6 is 0 Å². The molecule has 1 atom stereocenters. The molecular formula is C22H27N3O2. The molecule has 7 rings (SSSR count). The molecule has 0 saturated carbocycles. The summed E-state index contributed by atoms with van der Waals surface area (Å²) >= 11 is 0. The van der Waals surface area contributed by atoms with Crippen LogP contribution in [0.2, 0.25) is 0 Å². The standard InChI is InChI=1S/C22H27N3O2/c1-2-8-24(7-1)14-19-3-4-20(26-19)17-11-16-12-22(27-21(16)23-13-17)15-25-9-5-18(22)6-10-25/h3-4,11,13,18H,1-2,5-10,12,14-15H2/t22-/m0/s1. The van der Waals surface area contributed by atoms with E-state index >= 15 is 0 Å². The number of fused-ring (bicyclic) bond motifs is 3. The average Bonchev–Trinajstić information content (AvgIpc) is 3.42. The normalized spacial score (nSPS) is 32.1. The number of nitrogens with zero attached hydrogens (tertiary/aromatic N) is 3. The van der Waals surface area contributed by atoms with E-state index in [-0.39, 0.29) is 5.60 Å². The molecule has 2 aromatic rings. The Balaban J connectivity index is 1.23. The monoisotopic (exact) mass is 365 g/mol. The molecule has 0 amide bonds. The molecule has 27 heavy (non-hydrogen) atoms. The Morgan fingerprint density at radius 2 is 1.96 bits per heavy atom. The van der Waals surface area contributed by atoms with Gasteiger partial charge in [0.1, 0.15) is 17.1 Å². The maximum Gasteiger partial charge on any atom is 0.217 e. The third kappa shape index (κ3) is 2.71. The SMILES string of the molecule is c1nc2c(cc1-c1ccc(CN3CCCC3)o1)C[C@@]1(CN3CCC1CC3)O2. The van der Waals surface area contributed by atoms with Gasteiger partial charge in [-0.1, -0.05) is 0 Å². The molecule has 5 aliphatic heterocycles. The molecule has 2 bridgehead atoms. The van der Waals surface area contributed by atoms with Crippen molar-refractivity contribution in [1.29, 1.82) is 0 Å². The van der Waals surface area contributed by atoms with Gasteiger partial charge in [-0.15, -0.1) is 0 Å². The molecule has 0 aliphatic carbocycles. The quantitative estimate of drug-likeness (QED) is 0.835. The van der Waals surface area contributed by atoms with Crippen LogP contribution in [0.3, 0.4) is 0 Å². The lowest BCUT2D eigenvalue weighted by atomic mass is 9.73. The van der Waals surface area contributed by atoms with E-state index < -0.39 is 0 Å². The minimum Gasteiger partial charge on any atom is -0.469 e. The number of hydrogen-bond acceptors (Lipinski definition) is 5. The van der Waals surface area contributed by atoms with Crippen molar-refractivity contribution < 1.29 is 9.15 Å². The first-order chi connectivity index (χ1) is 13.3. The van der Waals surface area contributed by atoms with E-state index in [2.05, 4.69) is 33.0 Å².